The van der Waals surface area contributed by atoms with Crippen LogP contribution in [0.1, 0.15) is 51.3 Å². The van der Waals surface area contributed by atoms with Gasteiger partial charge in [0.05, 0.1) is 6.54 Å². The Morgan fingerprint density at radius 3 is 2.16 bits per heavy atom. The predicted molar refractivity (Wildman–Crippen MR) is 133 cm³/mol. The van der Waals surface area contributed by atoms with Gasteiger partial charge in [-0.25, -0.2) is 0 Å². The van der Waals surface area contributed by atoms with Crippen LogP contribution in [0.4, 0.5) is 0 Å². The minimum absolute atomic E-state index is 0.178. The number of fused-ring (bicyclic) bond motifs is 1. The van der Waals surface area contributed by atoms with Crippen molar-refractivity contribution in [2.75, 3.05) is 39.3 Å². The van der Waals surface area contributed by atoms with Crippen molar-refractivity contribution in [1.82, 2.24) is 14.7 Å². The van der Waals surface area contributed by atoms with E-state index >= 15 is 0 Å². The fourth-order valence-electron chi connectivity index (χ4n) is 4.87. The van der Waals surface area contributed by atoms with Crippen molar-refractivity contribution in [2.24, 2.45) is 0 Å². The first-order valence-electron chi connectivity index (χ1n) is 12.2. The van der Waals surface area contributed by atoms with Crippen molar-refractivity contribution >= 4 is 5.91 Å². The molecule has 0 aliphatic carbocycles. The second kappa shape index (κ2) is 9.36. The van der Waals surface area contributed by atoms with E-state index in [0.717, 1.165) is 45.7 Å². The number of nitrogens with zero attached hydrogens (tertiary/aromatic N) is 3. The van der Waals surface area contributed by atoms with E-state index < -0.39 is 0 Å². The van der Waals surface area contributed by atoms with E-state index in [-0.39, 0.29) is 11.3 Å². The molecule has 2 heterocycles. The molecule has 4 nitrogen and oxygen atoms in total. The highest BCUT2D eigenvalue weighted by atomic mass is 16.2. The van der Waals surface area contributed by atoms with E-state index in [4.69, 9.17) is 0 Å². The minimum Gasteiger partial charge on any atom is -0.339 e. The quantitative estimate of drug-likeness (QED) is 0.707. The zero-order valence-corrected chi connectivity index (χ0v) is 20.5. The first kappa shape index (κ1) is 23.0. The molecule has 1 saturated heterocycles. The summed E-state index contributed by atoms with van der Waals surface area (Å²) in [5.41, 5.74) is 6.90. The van der Waals surface area contributed by atoms with E-state index in [1.807, 2.05) is 0 Å². The molecular weight excluding hydrogens is 394 g/mol. The monoisotopic (exact) mass is 433 g/mol. The SMILES string of the molecule is CC(C)N1CCN(C(=O)CN2CCc3cc(-c4ccc(C(C)(C)C)cc4)ccc3C2)CC1. The molecule has 1 amide bonds. The van der Waals surface area contributed by atoms with Crippen molar-refractivity contribution < 1.29 is 4.79 Å². The van der Waals surface area contributed by atoms with E-state index in [0.29, 0.717) is 12.6 Å². The lowest BCUT2D eigenvalue weighted by Gasteiger charge is -2.38. The van der Waals surface area contributed by atoms with Crippen molar-refractivity contribution in [3.05, 3.63) is 59.2 Å². The van der Waals surface area contributed by atoms with Gasteiger partial charge in [-0.3, -0.25) is 14.6 Å². The van der Waals surface area contributed by atoms with Gasteiger partial charge in [-0.15, -0.1) is 0 Å². The van der Waals surface area contributed by atoms with Crippen LogP contribution >= 0.6 is 0 Å². The standard InChI is InChI=1S/C28H39N3O/c1-21(2)30-14-16-31(17-15-30)27(32)20-29-13-12-24-18-23(6-7-25(24)19-29)22-8-10-26(11-9-22)28(3,4)5/h6-11,18,21H,12-17,19-20H2,1-5H3. The van der Waals surface area contributed by atoms with Gasteiger partial charge in [0.15, 0.2) is 0 Å². The molecule has 0 saturated carbocycles. The molecule has 0 unspecified atom stereocenters. The van der Waals surface area contributed by atoms with Crippen LogP contribution in [0.15, 0.2) is 42.5 Å². The summed E-state index contributed by atoms with van der Waals surface area (Å²) in [6.07, 6.45) is 1.01. The summed E-state index contributed by atoms with van der Waals surface area (Å²) in [4.78, 5) is 19.7. The average Bonchev–Trinajstić information content (AvgIpc) is 2.78. The highest BCUT2D eigenvalue weighted by Gasteiger charge is 2.25. The fourth-order valence-corrected chi connectivity index (χ4v) is 4.87. The number of amides is 1. The summed E-state index contributed by atoms with van der Waals surface area (Å²) in [6.45, 7) is 17.3. The average molecular weight is 434 g/mol. The van der Waals surface area contributed by atoms with Gasteiger partial charge in [-0.1, -0.05) is 63.2 Å². The van der Waals surface area contributed by atoms with Gasteiger partial charge in [0.2, 0.25) is 5.91 Å². The molecule has 2 aromatic rings. The third-order valence-corrected chi connectivity index (χ3v) is 7.14. The number of benzene rings is 2. The first-order valence-corrected chi connectivity index (χ1v) is 12.2. The Balaban J connectivity index is 1.36. The van der Waals surface area contributed by atoms with E-state index in [9.17, 15) is 4.79 Å². The smallest absolute Gasteiger partial charge is 0.236 e. The zero-order chi connectivity index (χ0) is 22.9. The van der Waals surface area contributed by atoms with Gasteiger partial charge >= 0.3 is 0 Å². The van der Waals surface area contributed by atoms with Crippen LogP contribution in [0.5, 0.6) is 0 Å². The molecule has 1 fully saturated rings. The second-order valence-corrected chi connectivity index (χ2v) is 10.8. The van der Waals surface area contributed by atoms with Gasteiger partial charge in [0, 0.05) is 45.3 Å². The highest BCUT2D eigenvalue weighted by Crippen LogP contribution is 2.29. The second-order valence-electron chi connectivity index (χ2n) is 10.8. The van der Waals surface area contributed by atoms with Crippen LogP contribution in [-0.2, 0) is 23.2 Å². The predicted octanol–water partition coefficient (Wildman–Crippen LogP) is 4.56. The van der Waals surface area contributed by atoms with Crippen molar-refractivity contribution in [3.8, 4) is 11.1 Å². The maximum Gasteiger partial charge on any atom is 0.236 e. The normalized spacial score (nSPS) is 18.1. The van der Waals surface area contributed by atoms with Crippen LogP contribution in [0, 0.1) is 0 Å². The van der Waals surface area contributed by atoms with Crippen molar-refractivity contribution in [1.29, 1.82) is 0 Å². The molecule has 0 radical (unpaired) electrons. The zero-order valence-electron chi connectivity index (χ0n) is 20.5. The van der Waals surface area contributed by atoms with E-state index in [2.05, 4.69) is 91.8 Å². The lowest BCUT2D eigenvalue weighted by molar-refractivity contribution is -0.134. The van der Waals surface area contributed by atoms with Crippen LogP contribution < -0.4 is 0 Å². The maximum atomic E-state index is 12.9. The fraction of sp³-hybridized carbons (Fsp3) is 0.536. The molecule has 0 aromatic heterocycles. The summed E-state index contributed by atoms with van der Waals surface area (Å²) < 4.78 is 0. The Hall–Kier alpha value is -2.17. The van der Waals surface area contributed by atoms with Crippen LogP contribution in [0.3, 0.4) is 0 Å². The molecule has 0 atom stereocenters. The molecule has 0 bridgehead atoms. The third kappa shape index (κ3) is 5.24. The Morgan fingerprint density at radius 1 is 0.875 bits per heavy atom. The summed E-state index contributed by atoms with van der Waals surface area (Å²) in [5.74, 6) is 0.285. The first-order chi connectivity index (χ1) is 15.2. The number of hydrogen-bond donors (Lipinski definition) is 0. The molecule has 32 heavy (non-hydrogen) atoms. The highest BCUT2D eigenvalue weighted by molar-refractivity contribution is 5.78. The number of rotatable bonds is 4. The lowest BCUT2D eigenvalue weighted by Crippen LogP contribution is -2.53. The topological polar surface area (TPSA) is 26.8 Å². The summed E-state index contributed by atoms with van der Waals surface area (Å²) >= 11 is 0. The Kier molecular flexibility index (Phi) is 6.73. The van der Waals surface area contributed by atoms with Crippen molar-refractivity contribution in [3.63, 3.8) is 0 Å². The molecule has 172 valence electrons. The number of carbonyl (C=O) groups is 1. The lowest BCUT2D eigenvalue weighted by atomic mass is 9.86. The number of carbonyl (C=O) groups excluding carboxylic acids is 1. The van der Waals surface area contributed by atoms with Gasteiger partial charge in [0.1, 0.15) is 0 Å². The van der Waals surface area contributed by atoms with Gasteiger partial charge in [-0.2, -0.15) is 0 Å². The molecule has 2 aromatic carbocycles. The summed E-state index contributed by atoms with van der Waals surface area (Å²) in [6, 6.07) is 16.4. The van der Waals surface area contributed by atoms with Crippen LogP contribution in [-0.4, -0.2) is 65.9 Å². The molecule has 4 rings (SSSR count). The Labute approximate surface area is 194 Å². The van der Waals surface area contributed by atoms with Crippen molar-refractivity contribution in [2.45, 2.75) is 59.0 Å². The largest absolute Gasteiger partial charge is 0.339 e. The molecule has 4 heteroatoms. The Morgan fingerprint density at radius 2 is 1.53 bits per heavy atom. The summed E-state index contributed by atoms with van der Waals surface area (Å²) in [5, 5.41) is 0. The van der Waals surface area contributed by atoms with Gasteiger partial charge in [0.25, 0.3) is 0 Å². The van der Waals surface area contributed by atoms with Gasteiger partial charge < -0.3 is 4.90 Å². The van der Waals surface area contributed by atoms with E-state index in [1.54, 1.807) is 0 Å². The maximum absolute atomic E-state index is 12.9. The van der Waals surface area contributed by atoms with Crippen LogP contribution in [0.25, 0.3) is 11.1 Å². The molecule has 0 N–H and O–H groups in total. The molecule has 2 aliphatic rings. The molecule has 2 aliphatic heterocycles. The van der Waals surface area contributed by atoms with E-state index in [1.165, 1.54) is 27.8 Å². The molecular formula is C28H39N3O. The van der Waals surface area contributed by atoms with Crippen LogP contribution in [0.2, 0.25) is 0 Å². The number of piperazine rings is 1. The summed E-state index contributed by atoms with van der Waals surface area (Å²) in [7, 11) is 0. The third-order valence-electron chi connectivity index (χ3n) is 7.14. The Bertz CT molecular complexity index is 934. The minimum atomic E-state index is 0.178. The molecule has 0 spiro atoms. The number of hydrogen-bond acceptors (Lipinski definition) is 3. The van der Waals surface area contributed by atoms with Gasteiger partial charge in [-0.05, 0) is 53.5 Å².